The van der Waals surface area contributed by atoms with Gasteiger partial charge < -0.3 is 9.47 Å². The number of allylic oxidation sites excluding steroid dienone is 3. The molecule has 0 spiro atoms. The van der Waals surface area contributed by atoms with E-state index in [1.165, 1.54) is 57.8 Å². The SMILES string of the molecule is C=CCC1(CC=CCCCCCCCCCC)COC(C)(C)OC1. The Kier molecular flexibility index (Phi) is 10.6. The van der Waals surface area contributed by atoms with E-state index in [9.17, 15) is 0 Å². The monoisotopic (exact) mass is 336 g/mol. The van der Waals surface area contributed by atoms with Crippen molar-refractivity contribution in [1.82, 2.24) is 0 Å². The van der Waals surface area contributed by atoms with Crippen LogP contribution in [0.4, 0.5) is 0 Å². The molecule has 2 nitrogen and oxygen atoms in total. The lowest BCUT2D eigenvalue weighted by Crippen LogP contribution is -2.46. The van der Waals surface area contributed by atoms with E-state index in [1.54, 1.807) is 0 Å². The third kappa shape index (κ3) is 9.03. The smallest absolute Gasteiger partial charge is 0.162 e. The summed E-state index contributed by atoms with van der Waals surface area (Å²) in [5.74, 6) is -0.439. The fraction of sp³-hybridized carbons (Fsp3) is 0.818. The van der Waals surface area contributed by atoms with Crippen molar-refractivity contribution in [2.24, 2.45) is 5.41 Å². The molecule has 0 bridgehead atoms. The quantitative estimate of drug-likeness (QED) is 0.272. The number of hydrogen-bond donors (Lipinski definition) is 0. The van der Waals surface area contributed by atoms with Gasteiger partial charge in [0, 0.05) is 5.41 Å². The van der Waals surface area contributed by atoms with Gasteiger partial charge in [0.15, 0.2) is 5.79 Å². The summed E-state index contributed by atoms with van der Waals surface area (Å²) < 4.78 is 11.8. The molecule has 1 aliphatic rings. The molecule has 1 heterocycles. The highest BCUT2D eigenvalue weighted by Gasteiger charge is 2.38. The minimum absolute atomic E-state index is 0.0764. The maximum absolute atomic E-state index is 5.88. The van der Waals surface area contributed by atoms with Gasteiger partial charge in [-0.3, -0.25) is 0 Å². The molecular formula is C22H40O2. The second kappa shape index (κ2) is 11.9. The number of rotatable bonds is 13. The van der Waals surface area contributed by atoms with Crippen LogP contribution in [-0.4, -0.2) is 19.0 Å². The van der Waals surface area contributed by atoms with E-state index in [-0.39, 0.29) is 5.41 Å². The van der Waals surface area contributed by atoms with Gasteiger partial charge in [-0.25, -0.2) is 0 Å². The van der Waals surface area contributed by atoms with Crippen LogP contribution in [0.3, 0.4) is 0 Å². The number of unbranched alkanes of at least 4 members (excludes halogenated alkanes) is 8. The first-order valence-electron chi connectivity index (χ1n) is 10.1. The van der Waals surface area contributed by atoms with Crippen LogP contribution in [-0.2, 0) is 9.47 Å². The maximum Gasteiger partial charge on any atom is 0.162 e. The van der Waals surface area contributed by atoms with E-state index in [2.05, 4.69) is 25.7 Å². The summed E-state index contributed by atoms with van der Waals surface area (Å²) in [6.45, 7) is 11.7. The molecule has 1 rings (SSSR count). The van der Waals surface area contributed by atoms with Gasteiger partial charge in [0.05, 0.1) is 13.2 Å². The molecule has 0 unspecified atom stereocenters. The predicted octanol–water partition coefficient (Wildman–Crippen LogP) is 6.81. The normalized spacial score (nSPS) is 19.6. The highest BCUT2D eigenvalue weighted by molar-refractivity contribution is 4.96. The Morgan fingerprint density at radius 2 is 1.42 bits per heavy atom. The summed E-state index contributed by atoms with van der Waals surface area (Å²) in [5, 5.41) is 0. The average Bonchev–Trinajstić information content (AvgIpc) is 2.56. The average molecular weight is 337 g/mol. The van der Waals surface area contributed by atoms with Gasteiger partial charge in [-0.1, -0.05) is 70.1 Å². The largest absolute Gasteiger partial charge is 0.350 e. The van der Waals surface area contributed by atoms with Crippen molar-refractivity contribution >= 4 is 0 Å². The molecule has 0 aromatic rings. The number of hydrogen-bond acceptors (Lipinski definition) is 2. The zero-order chi connectivity index (χ0) is 17.7. The standard InChI is InChI=1S/C22H40O2/c1-5-7-8-9-10-11-12-13-14-15-16-18-22(17-6-2)19-23-21(3,4)24-20-22/h6,15-16H,2,5,7-14,17-20H2,1,3-4H3. The minimum Gasteiger partial charge on any atom is -0.350 e. The summed E-state index contributed by atoms with van der Waals surface area (Å²) in [4.78, 5) is 0. The molecule has 0 saturated carbocycles. The lowest BCUT2D eigenvalue weighted by Gasteiger charge is -2.42. The minimum atomic E-state index is -0.439. The molecule has 24 heavy (non-hydrogen) atoms. The molecule has 0 amide bonds. The van der Waals surface area contributed by atoms with Crippen LogP contribution in [0.5, 0.6) is 0 Å². The topological polar surface area (TPSA) is 18.5 Å². The second-order valence-electron chi connectivity index (χ2n) is 7.91. The van der Waals surface area contributed by atoms with E-state index in [0.717, 1.165) is 26.1 Å². The molecule has 1 aliphatic heterocycles. The molecule has 2 heteroatoms. The van der Waals surface area contributed by atoms with Crippen molar-refractivity contribution in [2.75, 3.05) is 13.2 Å². The van der Waals surface area contributed by atoms with Crippen molar-refractivity contribution in [3.63, 3.8) is 0 Å². The molecular weight excluding hydrogens is 296 g/mol. The summed E-state index contributed by atoms with van der Waals surface area (Å²) in [6.07, 6.45) is 20.9. The maximum atomic E-state index is 5.88. The Morgan fingerprint density at radius 1 is 0.833 bits per heavy atom. The summed E-state index contributed by atoms with van der Waals surface area (Å²) in [7, 11) is 0. The molecule has 140 valence electrons. The molecule has 0 radical (unpaired) electrons. The zero-order valence-corrected chi connectivity index (χ0v) is 16.4. The first-order valence-corrected chi connectivity index (χ1v) is 10.1. The molecule has 0 aromatic heterocycles. The van der Waals surface area contributed by atoms with Crippen molar-refractivity contribution in [3.8, 4) is 0 Å². The van der Waals surface area contributed by atoms with Crippen LogP contribution in [0.1, 0.15) is 91.4 Å². The van der Waals surface area contributed by atoms with Gasteiger partial charge in [0.25, 0.3) is 0 Å². The van der Waals surface area contributed by atoms with Gasteiger partial charge in [-0.2, -0.15) is 0 Å². The summed E-state index contributed by atoms with van der Waals surface area (Å²) >= 11 is 0. The summed E-state index contributed by atoms with van der Waals surface area (Å²) in [6, 6.07) is 0. The van der Waals surface area contributed by atoms with Crippen molar-refractivity contribution in [1.29, 1.82) is 0 Å². The van der Waals surface area contributed by atoms with Crippen LogP contribution in [0.25, 0.3) is 0 Å². The first kappa shape index (κ1) is 21.4. The van der Waals surface area contributed by atoms with Crippen molar-refractivity contribution in [3.05, 3.63) is 24.8 Å². The van der Waals surface area contributed by atoms with E-state index in [0.29, 0.717) is 0 Å². The predicted molar refractivity (Wildman–Crippen MR) is 104 cm³/mol. The molecule has 0 aliphatic carbocycles. The highest BCUT2D eigenvalue weighted by atomic mass is 16.7. The molecule has 1 saturated heterocycles. The van der Waals surface area contributed by atoms with Gasteiger partial charge in [-0.05, 0) is 39.5 Å². The van der Waals surface area contributed by atoms with Crippen LogP contribution < -0.4 is 0 Å². The lowest BCUT2D eigenvalue weighted by atomic mass is 9.81. The second-order valence-corrected chi connectivity index (χ2v) is 7.91. The third-order valence-electron chi connectivity index (χ3n) is 4.97. The van der Waals surface area contributed by atoms with Crippen molar-refractivity contribution in [2.45, 2.75) is 97.2 Å². The van der Waals surface area contributed by atoms with Gasteiger partial charge in [0.1, 0.15) is 0 Å². The van der Waals surface area contributed by atoms with Crippen LogP contribution in [0.2, 0.25) is 0 Å². The molecule has 0 atom stereocenters. The molecule has 0 N–H and O–H groups in total. The Balaban J connectivity index is 2.14. The Morgan fingerprint density at radius 3 is 2.00 bits per heavy atom. The lowest BCUT2D eigenvalue weighted by molar-refractivity contribution is -0.284. The fourth-order valence-electron chi connectivity index (χ4n) is 3.21. The zero-order valence-electron chi connectivity index (χ0n) is 16.4. The van der Waals surface area contributed by atoms with Crippen molar-refractivity contribution < 1.29 is 9.47 Å². The van der Waals surface area contributed by atoms with E-state index in [4.69, 9.17) is 9.47 Å². The van der Waals surface area contributed by atoms with Gasteiger partial charge >= 0.3 is 0 Å². The number of ether oxygens (including phenoxy) is 2. The highest BCUT2D eigenvalue weighted by Crippen LogP contribution is 2.36. The fourth-order valence-corrected chi connectivity index (χ4v) is 3.21. The Bertz CT molecular complexity index is 347. The molecule has 1 fully saturated rings. The van der Waals surface area contributed by atoms with Crippen LogP contribution in [0.15, 0.2) is 24.8 Å². The van der Waals surface area contributed by atoms with E-state index in [1.807, 2.05) is 19.9 Å². The third-order valence-corrected chi connectivity index (χ3v) is 4.97. The Labute approximate surface area is 150 Å². The summed E-state index contributed by atoms with van der Waals surface area (Å²) in [5.41, 5.74) is 0.0764. The van der Waals surface area contributed by atoms with Gasteiger partial charge in [0.2, 0.25) is 0 Å². The molecule has 0 aromatic carbocycles. The van der Waals surface area contributed by atoms with E-state index < -0.39 is 5.79 Å². The van der Waals surface area contributed by atoms with Crippen LogP contribution in [0, 0.1) is 5.41 Å². The van der Waals surface area contributed by atoms with Gasteiger partial charge in [-0.15, -0.1) is 6.58 Å². The first-order chi connectivity index (χ1) is 11.5. The van der Waals surface area contributed by atoms with Crippen LogP contribution >= 0.6 is 0 Å². The van der Waals surface area contributed by atoms with E-state index >= 15 is 0 Å². The Hall–Kier alpha value is -0.600.